The second kappa shape index (κ2) is 6.02. The number of thiophene rings is 1. The third kappa shape index (κ3) is 3.18. The van der Waals surface area contributed by atoms with Crippen LogP contribution in [0.25, 0.3) is 0 Å². The quantitative estimate of drug-likeness (QED) is 0.834. The van der Waals surface area contributed by atoms with Gasteiger partial charge in [-0.3, -0.25) is 0 Å². The zero-order chi connectivity index (χ0) is 14.8. The summed E-state index contributed by atoms with van der Waals surface area (Å²) in [5, 5.41) is 11.2. The molecule has 2 heterocycles. The third-order valence-corrected chi connectivity index (χ3v) is 4.55. The summed E-state index contributed by atoms with van der Waals surface area (Å²) in [6, 6.07) is 2.41. The molecule has 2 aromatic heterocycles. The summed E-state index contributed by atoms with van der Waals surface area (Å²) in [5.41, 5.74) is 2.40. The molecule has 3 rings (SSSR count). The van der Waals surface area contributed by atoms with Crippen molar-refractivity contribution in [1.29, 1.82) is 0 Å². The second-order valence-corrected chi connectivity index (χ2v) is 6.41. The van der Waals surface area contributed by atoms with Gasteiger partial charge in [0.1, 0.15) is 17.5 Å². The predicted molar refractivity (Wildman–Crippen MR) is 89.3 cm³/mol. The van der Waals surface area contributed by atoms with Gasteiger partial charge in [0.25, 0.3) is 0 Å². The summed E-state index contributed by atoms with van der Waals surface area (Å²) in [4.78, 5) is 9.46. The molecule has 1 aliphatic carbocycles. The number of nitrogens with zero attached hydrogens (tertiary/aromatic N) is 2. The Hall–Kier alpha value is -1.62. The summed E-state index contributed by atoms with van der Waals surface area (Å²) in [6.07, 6.45) is 2.43. The monoisotopic (exact) mass is 302 g/mol. The fourth-order valence-electron chi connectivity index (χ4n) is 2.35. The molecule has 21 heavy (non-hydrogen) atoms. The van der Waals surface area contributed by atoms with Crippen molar-refractivity contribution in [2.45, 2.75) is 45.6 Å². The van der Waals surface area contributed by atoms with Gasteiger partial charge in [0.15, 0.2) is 0 Å². The minimum Gasteiger partial charge on any atom is -0.370 e. The summed E-state index contributed by atoms with van der Waals surface area (Å²) >= 11 is 1.73. The van der Waals surface area contributed by atoms with Gasteiger partial charge in [-0.1, -0.05) is 0 Å². The first-order valence-electron chi connectivity index (χ1n) is 7.60. The summed E-state index contributed by atoms with van der Waals surface area (Å²) in [6.45, 7) is 7.23. The van der Waals surface area contributed by atoms with E-state index in [0.717, 1.165) is 29.6 Å². The highest BCUT2D eigenvalue weighted by molar-refractivity contribution is 7.07. The SMILES string of the molecule is CCNc1nc(C2CC2)nc(NC(C)c2ccsc2)c1C. The van der Waals surface area contributed by atoms with Crippen LogP contribution in [0.2, 0.25) is 0 Å². The second-order valence-electron chi connectivity index (χ2n) is 5.63. The minimum atomic E-state index is 0.256. The zero-order valence-corrected chi connectivity index (χ0v) is 13.6. The average Bonchev–Trinajstić information content (AvgIpc) is 3.17. The molecule has 4 nitrogen and oxygen atoms in total. The number of aromatic nitrogens is 2. The molecule has 1 fully saturated rings. The number of nitrogens with one attached hydrogen (secondary N) is 2. The van der Waals surface area contributed by atoms with Gasteiger partial charge in [0.05, 0.1) is 6.04 Å². The van der Waals surface area contributed by atoms with E-state index in [1.165, 1.54) is 18.4 Å². The normalized spacial score (nSPS) is 15.8. The van der Waals surface area contributed by atoms with Gasteiger partial charge in [-0.15, -0.1) is 0 Å². The van der Waals surface area contributed by atoms with Crippen LogP contribution < -0.4 is 10.6 Å². The summed E-state index contributed by atoms with van der Waals surface area (Å²) in [7, 11) is 0. The van der Waals surface area contributed by atoms with Crippen molar-refractivity contribution in [2.24, 2.45) is 0 Å². The van der Waals surface area contributed by atoms with E-state index in [-0.39, 0.29) is 6.04 Å². The van der Waals surface area contributed by atoms with Crippen molar-refractivity contribution < 1.29 is 0 Å². The van der Waals surface area contributed by atoms with E-state index in [9.17, 15) is 0 Å². The average molecular weight is 302 g/mol. The van der Waals surface area contributed by atoms with Crippen LogP contribution in [0, 0.1) is 6.92 Å². The summed E-state index contributed by atoms with van der Waals surface area (Å²) in [5.74, 6) is 3.47. The van der Waals surface area contributed by atoms with Crippen molar-refractivity contribution in [1.82, 2.24) is 9.97 Å². The Balaban J connectivity index is 1.88. The fraction of sp³-hybridized carbons (Fsp3) is 0.500. The Labute approximate surface area is 130 Å². The van der Waals surface area contributed by atoms with Crippen LogP contribution in [-0.2, 0) is 0 Å². The number of hydrogen-bond donors (Lipinski definition) is 2. The van der Waals surface area contributed by atoms with Gasteiger partial charge < -0.3 is 10.6 Å². The smallest absolute Gasteiger partial charge is 0.136 e. The van der Waals surface area contributed by atoms with E-state index in [4.69, 9.17) is 9.97 Å². The van der Waals surface area contributed by atoms with Gasteiger partial charge in [-0.05, 0) is 56.0 Å². The minimum absolute atomic E-state index is 0.256. The molecule has 0 aliphatic heterocycles. The fourth-order valence-corrected chi connectivity index (χ4v) is 3.10. The highest BCUT2D eigenvalue weighted by atomic mass is 32.1. The maximum absolute atomic E-state index is 4.77. The molecule has 0 bridgehead atoms. The number of rotatable bonds is 6. The van der Waals surface area contributed by atoms with E-state index in [2.05, 4.69) is 48.2 Å². The Morgan fingerprint density at radius 3 is 2.71 bits per heavy atom. The first kappa shape index (κ1) is 14.3. The molecule has 5 heteroatoms. The Bertz CT molecular complexity index is 605. The van der Waals surface area contributed by atoms with E-state index in [1.54, 1.807) is 11.3 Å². The molecule has 0 spiro atoms. The molecule has 1 aliphatic rings. The van der Waals surface area contributed by atoms with E-state index < -0.39 is 0 Å². The zero-order valence-electron chi connectivity index (χ0n) is 12.8. The highest BCUT2D eigenvalue weighted by Gasteiger charge is 2.28. The lowest BCUT2D eigenvalue weighted by Gasteiger charge is -2.18. The van der Waals surface area contributed by atoms with Gasteiger partial charge >= 0.3 is 0 Å². The van der Waals surface area contributed by atoms with Crippen LogP contribution in [0.4, 0.5) is 11.6 Å². The number of hydrogen-bond acceptors (Lipinski definition) is 5. The molecule has 0 radical (unpaired) electrons. The highest BCUT2D eigenvalue weighted by Crippen LogP contribution is 2.40. The molecule has 1 saturated carbocycles. The van der Waals surface area contributed by atoms with Crippen LogP contribution in [0.3, 0.4) is 0 Å². The van der Waals surface area contributed by atoms with Crippen LogP contribution in [-0.4, -0.2) is 16.5 Å². The largest absolute Gasteiger partial charge is 0.370 e. The van der Waals surface area contributed by atoms with Gasteiger partial charge in [0, 0.05) is 18.0 Å². The standard InChI is InChI=1S/C16H22N4S/c1-4-17-14-10(2)15(20-16(19-14)12-5-6-12)18-11(3)13-7-8-21-9-13/h7-9,11-12H,4-6H2,1-3H3,(H2,17,18,19,20). The van der Waals surface area contributed by atoms with E-state index >= 15 is 0 Å². The Morgan fingerprint density at radius 2 is 2.10 bits per heavy atom. The van der Waals surface area contributed by atoms with Crippen LogP contribution in [0.1, 0.15) is 55.6 Å². The van der Waals surface area contributed by atoms with Gasteiger partial charge in [-0.25, -0.2) is 9.97 Å². The van der Waals surface area contributed by atoms with Gasteiger partial charge in [-0.2, -0.15) is 11.3 Å². The number of anilines is 2. The molecule has 1 unspecified atom stereocenters. The lowest BCUT2D eigenvalue weighted by atomic mass is 10.1. The van der Waals surface area contributed by atoms with Crippen molar-refractivity contribution in [2.75, 3.05) is 17.2 Å². The summed E-state index contributed by atoms with van der Waals surface area (Å²) < 4.78 is 0. The maximum atomic E-state index is 4.77. The molecule has 2 N–H and O–H groups in total. The maximum Gasteiger partial charge on any atom is 0.136 e. The molecule has 2 aromatic rings. The Morgan fingerprint density at radius 1 is 1.33 bits per heavy atom. The topological polar surface area (TPSA) is 49.8 Å². The van der Waals surface area contributed by atoms with E-state index in [0.29, 0.717) is 5.92 Å². The molecular weight excluding hydrogens is 280 g/mol. The molecular formula is C16H22N4S. The van der Waals surface area contributed by atoms with Crippen molar-refractivity contribution in [3.63, 3.8) is 0 Å². The Kier molecular flexibility index (Phi) is 4.10. The predicted octanol–water partition coefficient (Wildman–Crippen LogP) is 4.33. The first-order chi connectivity index (χ1) is 10.2. The lowest BCUT2D eigenvalue weighted by Crippen LogP contribution is -2.13. The van der Waals surface area contributed by atoms with Gasteiger partial charge in [0.2, 0.25) is 0 Å². The molecule has 0 aromatic carbocycles. The molecule has 1 atom stereocenters. The van der Waals surface area contributed by atoms with Crippen molar-refractivity contribution in [3.8, 4) is 0 Å². The van der Waals surface area contributed by atoms with Crippen molar-refractivity contribution >= 4 is 23.0 Å². The van der Waals surface area contributed by atoms with Crippen LogP contribution >= 0.6 is 11.3 Å². The van der Waals surface area contributed by atoms with Crippen LogP contribution in [0.15, 0.2) is 16.8 Å². The third-order valence-electron chi connectivity index (χ3n) is 3.85. The van der Waals surface area contributed by atoms with Crippen molar-refractivity contribution in [3.05, 3.63) is 33.8 Å². The molecule has 0 saturated heterocycles. The first-order valence-corrected chi connectivity index (χ1v) is 8.54. The van der Waals surface area contributed by atoms with E-state index in [1.807, 2.05) is 0 Å². The molecule has 112 valence electrons. The lowest BCUT2D eigenvalue weighted by molar-refractivity contribution is 0.851. The van der Waals surface area contributed by atoms with Crippen LogP contribution in [0.5, 0.6) is 0 Å². The molecule has 0 amide bonds.